The number of ether oxygens (including phenoxy) is 1. The van der Waals surface area contributed by atoms with Crippen LogP contribution in [-0.2, 0) is 25.1 Å². The van der Waals surface area contributed by atoms with E-state index in [0.29, 0.717) is 31.6 Å². The van der Waals surface area contributed by atoms with Crippen LogP contribution in [-0.4, -0.2) is 38.0 Å². The Kier molecular flexibility index (Phi) is 4.65. The molecule has 1 unspecified atom stereocenters. The lowest BCUT2D eigenvalue weighted by molar-refractivity contribution is -0.143. The summed E-state index contributed by atoms with van der Waals surface area (Å²) in [6, 6.07) is 8.30. The van der Waals surface area contributed by atoms with Crippen molar-refractivity contribution >= 4 is 16.0 Å². The molecule has 0 amide bonds. The van der Waals surface area contributed by atoms with Crippen LogP contribution < -0.4 is 4.72 Å². The average molecular weight is 313 g/mol. The molecule has 1 atom stereocenters. The maximum atomic E-state index is 12.4. The van der Waals surface area contributed by atoms with Crippen molar-refractivity contribution < 1.29 is 23.1 Å². The van der Waals surface area contributed by atoms with Crippen LogP contribution in [0.1, 0.15) is 25.3 Å². The molecule has 2 rings (SSSR count). The van der Waals surface area contributed by atoms with Crippen molar-refractivity contribution in [3.8, 4) is 0 Å². The number of carboxylic acids is 1. The number of hydrogen-bond acceptors (Lipinski definition) is 4. The quantitative estimate of drug-likeness (QED) is 0.848. The van der Waals surface area contributed by atoms with Gasteiger partial charge in [-0.3, -0.25) is 0 Å². The normalized spacial score (nSPS) is 19.9. The second kappa shape index (κ2) is 6.13. The third kappa shape index (κ3) is 3.42. The molecule has 0 saturated carbocycles. The van der Waals surface area contributed by atoms with Gasteiger partial charge < -0.3 is 9.84 Å². The minimum Gasteiger partial charge on any atom is -0.480 e. The van der Waals surface area contributed by atoms with Gasteiger partial charge in [-0.25, -0.2) is 13.2 Å². The van der Waals surface area contributed by atoms with Crippen LogP contribution in [0.15, 0.2) is 30.3 Å². The molecule has 6 nitrogen and oxygen atoms in total. The second-order valence-corrected chi connectivity index (χ2v) is 7.22. The van der Waals surface area contributed by atoms with Gasteiger partial charge >= 0.3 is 5.97 Å². The summed E-state index contributed by atoms with van der Waals surface area (Å²) in [7, 11) is -3.75. The van der Waals surface area contributed by atoms with E-state index < -0.39 is 26.8 Å². The molecule has 1 heterocycles. The highest BCUT2D eigenvalue weighted by Crippen LogP contribution is 2.25. The minimum absolute atomic E-state index is 0.375. The fraction of sp³-hybridized carbons (Fsp3) is 0.500. The Morgan fingerprint density at radius 1 is 1.29 bits per heavy atom. The zero-order valence-corrected chi connectivity index (χ0v) is 12.6. The molecule has 0 radical (unpaired) electrons. The molecule has 0 bridgehead atoms. The van der Waals surface area contributed by atoms with Gasteiger partial charge in [0.2, 0.25) is 10.0 Å². The summed E-state index contributed by atoms with van der Waals surface area (Å²) in [5, 5.41) is 8.88. The van der Waals surface area contributed by atoms with E-state index in [-0.39, 0.29) is 0 Å². The first-order valence-corrected chi connectivity index (χ1v) is 8.30. The second-order valence-electron chi connectivity index (χ2n) is 5.25. The highest BCUT2D eigenvalue weighted by Gasteiger charge is 2.41. The van der Waals surface area contributed by atoms with Crippen molar-refractivity contribution in [3.05, 3.63) is 35.9 Å². The standard InChI is InChI=1S/C14H19NO5S/c1-14(13(16)17,11-5-3-2-4-6-11)15-21(18,19)12-7-9-20-10-8-12/h2-6,12,15H,7-10H2,1H3,(H,16,17). The molecule has 0 aliphatic carbocycles. The molecule has 7 heteroatoms. The molecule has 1 fully saturated rings. The monoisotopic (exact) mass is 313 g/mol. The lowest BCUT2D eigenvalue weighted by Crippen LogP contribution is -2.52. The molecular weight excluding hydrogens is 294 g/mol. The van der Waals surface area contributed by atoms with Crippen molar-refractivity contribution in [1.82, 2.24) is 4.72 Å². The van der Waals surface area contributed by atoms with E-state index in [2.05, 4.69) is 4.72 Å². The molecule has 2 N–H and O–H groups in total. The third-order valence-corrected chi connectivity index (χ3v) is 5.77. The highest BCUT2D eigenvalue weighted by molar-refractivity contribution is 7.90. The zero-order chi connectivity index (χ0) is 15.5. The number of rotatable bonds is 5. The lowest BCUT2D eigenvalue weighted by Gasteiger charge is -2.30. The van der Waals surface area contributed by atoms with Crippen LogP contribution in [0.5, 0.6) is 0 Å². The van der Waals surface area contributed by atoms with Crippen LogP contribution in [0.25, 0.3) is 0 Å². The largest absolute Gasteiger partial charge is 0.480 e. The molecule has 0 spiro atoms. The van der Waals surface area contributed by atoms with E-state index in [9.17, 15) is 18.3 Å². The summed E-state index contributed by atoms with van der Waals surface area (Å²) in [5.74, 6) is -1.23. The minimum atomic E-state index is -3.75. The van der Waals surface area contributed by atoms with Gasteiger partial charge in [0.1, 0.15) is 0 Å². The van der Waals surface area contributed by atoms with Crippen molar-refractivity contribution in [2.24, 2.45) is 0 Å². The number of hydrogen-bond donors (Lipinski definition) is 2. The number of nitrogens with one attached hydrogen (secondary N) is 1. The fourth-order valence-electron chi connectivity index (χ4n) is 2.35. The van der Waals surface area contributed by atoms with E-state index in [1.807, 2.05) is 0 Å². The van der Waals surface area contributed by atoms with E-state index in [4.69, 9.17) is 4.74 Å². The van der Waals surface area contributed by atoms with Gasteiger partial charge in [-0.05, 0) is 25.3 Å². The highest BCUT2D eigenvalue weighted by atomic mass is 32.2. The first-order valence-electron chi connectivity index (χ1n) is 6.76. The summed E-state index contributed by atoms with van der Waals surface area (Å²) in [6.45, 7) is 2.11. The van der Waals surface area contributed by atoms with Crippen molar-refractivity contribution in [3.63, 3.8) is 0 Å². The Bertz CT molecular complexity index is 595. The summed E-state index contributed by atoms with van der Waals surface area (Å²) in [4.78, 5) is 11.6. The van der Waals surface area contributed by atoms with Crippen LogP contribution in [0.3, 0.4) is 0 Å². The average Bonchev–Trinajstić information content (AvgIpc) is 2.48. The van der Waals surface area contributed by atoms with E-state index in [1.54, 1.807) is 30.3 Å². The van der Waals surface area contributed by atoms with Gasteiger partial charge in [0, 0.05) is 13.2 Å². The van der Waals surface area contributed by atoms with Gasteiger partial charge in [-0.2, -0.15) is 4.72 Å². The molecule has 21 heavy (non-hydrogen) atoms. The Morgan fingerprint density at radius 2 is 1.86 bits per heavy atom. The fourth-order valence-corrected chi connectivity index (χ4v) is 4.11. The summed E-state index contributed by atoms with van der Waals surface area (Å²) in [6.07, 6.45) is 0.750. The van der Waals surface area contributed by atoms with E-state index in [1.165, 1.54) is 6.92 Å². The number of benzene rings is 1. The van der Waals surface area contributed by atoms with Crippen LogP contribution in [0, 0.1) is 0 Å². The molecule has 1 saturated heterocycles. The van der Waals surface area contributed by atoms with Crippen molar-refractivity contribution in [2.75, 3.05) is 13.2 Å². The Labute approximate surface area is 124 Å². The molecule has 1 aliphatic rings. The van der Waals surface area contributed by atoms with Crippen LogP contribution in [0.4, 0.5) is 0 Å². The maximum absolute atomic E-state index is 12.4. The van der Waals surface area contributed by atoms with Crippen molar-refractivity contribution in [2.45, 2.75) is 30.6 Å². The predicted octanol–water partition coefficient (Wildman–Crippen LogP) is 1.08. The lowest BCUT2D eigenvalue weighted by atomic mass is 9.94. The molecular formula is C14H19NO5S. The Balaban J connectivity index is 2.30. The smallest absolute Gasteiger partial charge is 0.329 e. The summed E-state index contributed by atoms with van der Waals surface area (Å²) >= 11 is 0. The van der Waals surface area contributed by atoms with Crippen molar-refractivity contribution in [1.29, 1.82) is 0 Å². The Morgan fingerprint density at radius 3 is 2.38 bits per heavy atom. The van der Waals surface area contributed by atoms with E-state index >= 15 is 0 Å². The third-order valence-electron chi connectivity index (χ3n) is 3.73. The number of aliphatic carboxylic acids is 1. The van der Waals surface area contributed by atoms with Gasteiger partial charge in [0.15, 0.2) is 5.54 Å². The molecule has 1 aromatic carbocycles. The topological polar surface area (TPSA) is 92.7 Å². The molecule has 0 aromatic heterocycles. The van der Waals surface area contributed by atoms with Crippen LogP contribution >= 0.6 is 0 Å². The molecule has 116 valence electrons. The number of carbonyl (C=O) groups is 1. The summed E-state index contributed by atoms with van der Waals surface area (Å²) in [5.41, 5.74) is -1.29. The molecule has 1 aromatic rings. The SMILES string of the molecule is CC(NS(=O)(=O)C1CCOCC1)(C(=O)O)c1ccccc1. The van der Waals surface area contributed by atoms with Gasteiger partial charge in [-0.15, -0.1) is 0 Å². The van der Waals surface area contributed by atoms with Gasteiger partial charge in [0.25, 0.3) is 0 Å². The summed E-state index contributed by atoms with van der Waals surface area (Å²) < 4.78 is 32.4. The maximum Gasteiger partial charge on any atom is 0.329 e. The van der Waals surface area contributed by atoms with Gasteiger partial charge in [-0.1, -0.05) is 30.3 Å². The number of carboxylic acid groups (broad SMARTS) is 1. The van der Waals surface area contributed by atoms with Crippen LogP contribution in [0.2, 0.25) is 0 Å². The first-order chi connectivity index (χ1) is 9.86. The van der Waals surface area contributed by atoms with E-state index in [0.717, 1.165) is 0 Å². The molecule has 1 aliphatic heterocycles. The zero-order valence-electron chi connectivity index (χ0n) is 11.8. The van der Waals surface area contributed by atoms with Gasteiger partial charge in [0.05, 0.1) is 5.25 Å². The first kappa shape index (κ1) is 15.9. The Hall–Kier alpha value is -1.44. The number of sulfonamides is 1. The predicted molar refractivity (Wildman–Crippen MR) is 77.3 cm³/mol.